The molecule has 0 aliphatic carbocycles. The Morgan fingerprint density at radius 1 is 1.17 bits per heavy atom. The van der Waals surface area contributed by atoms with Crippen LogP contribution in [0.25, 0.3) is 5.69 Å². The number of carbonyl (C=O) groups excluding carboxylic acids is 1. The first-order chi connectivity index (χ1) is 8.66. The van der Waals surface area contributed by atoms with Gasteiger partial charge in [-0.1, -0.05) is 12.1 Å². The second-order valence-electron chi connectivity index (χ2n) is 4.62. The molecule has 1 heterocycles. The van der Waals surface area contributed by atoms with Crippen LogP contribution in [0, 0.1) is 0 Å². The molecule has 0 atom stereocenters. The molecule has 0 saturated heterocycles. The van der Waals surface area contributed by atoms with E-state index in [-0.39, 0.29) is 5.78 Å². The van der Waals surface area contributed by atoms with E-state index in [1.54, 1.807) is 0 Å². The van der Waals surface area contributed by atoms with Gasteiger partial charge < -0.3 is 9.47 Å². The number of hydrogen-bond acceptors (Lipinski definition) is 2. The van der Waals surface area contributed by atoms with Crippen LogP contribution in [-0.4, -0.2) is 35.9 Å². The number of rotatable bonds is 5. The summed E-state index contributed by atoms with van der Waals surface area (Å²) in [6, 6.07) is 11.7. The van der Waals surface area contributed by atoms with Crippen molar-refractivity contribution in [1.29, 1.82) is 0 Å². The van der Waals surface area contributed by atoms with Gasteiger partial charge >= 0.3 is 0 Å². The van der Waals surface area contributed by atoms with Crippen LogP contribution >= 0.6 is 0 Å². The molecule has 0 bridgehead atoms. The molecule has 2 aromatic rings. The summed E-state index contributed by atoms with van der Waals surface area (Å²) in [5, 5.41) is 0. The zero-order valence-electron chi connectivity index (χ0n) is 10.8. The van der Waals surface area contributed by atoms with E-state index in [0.717, 1.165) is 17.8 Å². The lowest BCUT2D eigenvalue weighted by atomic mass is 10.1. The van der Waals surface area contributed by atoms with E-state index in [1.807, 2.05) is 72.4 Å². The van der Waals surface area contributed by atoms with Crippen LogP contribution in [0.2, 0.25) is 0 Å². The molecule has 1 aromatic heterocycles. The molecular formula is C15H18N2O. The van der Waals surface area contributed by atoms with Crippen molar-refractivity contribution in [3.63, 3.8) is 0 Å². The Morgan fingerprint density at radius 2 is 1.89 bits per heavy atom. The van der Waals surface area contributed by atoms with Crippen molar-refractivity contribution in [2.45, 2.75) is 6.42 Å². The minimum Gasteiger partial charge on any atom is -0.324 e. The number of benzene rings is 1. The van der Waals surface area contributed by atoms with Crippen LogP contribution in [0.5, 0.6) is 0 Å². The summed E-state index contributed by atoms with van der Waals surface area (Å²) in [6.07, 6.45) is 4.51. The Kier molecular flexibility index (Phi) is 3.95. The fourth-order valence-electron chi connectivity index (χ4n) is 1.82. The zero-order valence-corrected chi connectivity index (χ0v) is 10.8. The largest absolute Gasteiger partial charge is 0.324 e. The SMILES string of the molecule is CN(C)CCC(=O)c1cccc(-n2cccc2)c1. The van der Waals surface area contributed by atoms with Gasteiger partial charge in [0.15, 0.2) is 5.78 Å². The van der Waals surface area contributed by atoms with Crippen LogP contribution < -0.4 is 0 Å². The first kappa shape index (κ1) is 12.6. The number of nitrogens with zero attached hydrogens (tertiary/aromatic N) is 2. The molecule has 3 nitrogen and oxygen atoms in total. The van der Waals surface area contributed by atoms with Crippen LogP contribution in [-0.2, 0) is 0 Å². The van der Waals surface area contributed by atoms with Crippen LogP contribution in [0.1, 0.15) is 16.8 Å². The summed E-state index contributed by atoms with van der Waals surface area (Å²) < 4.78 is 2.00. The average molecular weight is 242 g/mol. The van der Waals surface area contributed by atoms with Gasteiger partial charge in [-0.3, -0.25) is 4.79 Å². The monoisotopic (exact) mass is 242 g/mol. The average Bonchev–Trinajstić information content (AvgIpc) is 2.90. The Balaban J connectivity index is 2.15. The Morgan fingerprint density at radius 3 is 2.56 bits per heavy atom. The van der Waals surface area contributed by atoms with E-state index in [0.29, 0.717) is 6.42 Å². The summed E-state index contributed by atoms with van der Waals surface area (Å²) in [5.74, 6) is 0.192. The van der Waals surface area contributed by atoms with Crippen molar-refractivity contribution >= 4 is 5.78 Å². The fraction of sp³-hybridized carbons (Fsp3) is 0.267. The third kappa shape index (κ3) is 3.08. The van der Waals surface area contributed by atoms with E-state index in [9.17, 15) is 4.79 Å². The molecule has 0 unspecified atom stereocenters. The molecular weight excluding hydrogens is 224 g/mol. The Bertz CT molecular complexity index is 515. The Hall–Kier alpha value is -1.87. The van der Waals surface area contributed by atoms with E-state index in [4.69, 9.17) is 0 Å². The summed E-state index contributed by atoms with van der Waals surface area (Å²) >= 11 is 0. The number of ketones is 1. The summed E-state index contributed by atoms with van der Waals surface area (Å²) in [4.78, 5) is 14.1. The molecule has 2 rings (SSSR count). The lowest BCUT2D eigenvalue weighted by Gasteiger charge is -2.09. The van der Waals surface area contributed by atoms with Gasteiger partial charge in [-0.05, 0) is 38.4 Å². The molecule has 3 heteroatoms. The Labute approximate surface area is 108 Å². The molecule has 0 fully saturated rings. The van der Waals surface area contributed by atoms with Crippen molar-refractivity contribution in [1.82, 2.24) is 9.47 Å². The second kappa shape index (κ2) is 5.65. The van der Waals surface area contributed by atoms with Gasteiger partial charge in [-0.15, -0.1) is 0 Å². The molecule has 0 amide bonds. The first-order valence-electron chi connectivity index (χ1n) is 6.08. The standard InChI is InChI=1S/C15H18N2O/c1-16(2)11-8-15(18)13-6-5-7-14(12-13)17-9-3-4-10-17/h3-7,9-10,12H,8,11H2,1-2H3. The lowest BCUT2D eigenvalue weighted by molar-refractivity contribution is 0.0972. The van der Waals surface area contributed by atoms with Crippen molar-refractivity contribution in [2.24, 2.45) is 0 Å². The second-order valence-corrected chi connectivity index (χ2v) is 4.62. The van der Waals surface area contributed by atoms with E-state index in [2.05, 4.69) is 0 Å². The number of Topliss-reactive ketones (excluding diaryl/α,β-unsaturated/α-hetero) is 1. The van der Waals surface area contributed by atoms with Gasteiger partial charge in [0.2, 0.25) is 0 Å². The fourth-order valence-corrected chi connectivity index (χ4v) is 1.82. The molecule has 18 heavy (non-hydrogen) atoms. The predicted octanol–water partition coefficient (Wildman–Crippen LogP) is 2.61. The summed E-state index contributed by atoms with van der Waals surface area (Å²) in [7, 11) is 3.95. The van der Waals surface area contributed by atoms with Gasteiger partial charge in [0.05, 0.1) is 0 Å². The summed E-state index contributed by atoms with van der Waals surface area (Å²) in [5.41, 5.74) is 1.80. The minimum atomic E-state index is 0.192. The summed E-state index contributed by atoms with van der Waals surface area (Å²) in [6.45, 7) is 0.784. The molecule has 0 aliphatic rings. The smallest absolute Gasteiger partial charge is 0.164 e. The highest BCUT2D eigenvalue weighted by molar-refractivity contribution is 5.96. The molecule has 1 aromatic carbocycles. The zero-order chi connectivity index (χ0) is 13.0. The molecule has 0 saturated carbocycles. The maximum absolute atomic E-state index is 12.0. The van der Waals surface area contributed by atoms with Crippen molar-refractivity contribution < 1.29 is 4.79 Å². The van der Waals surface area contributed by atoms with Gasteiger partial charge in [0.25, 0.3) is 0 Å². The van der Waals surface area contributed by atoms with Crippen molar-refractivity contribution in [3.8, 4) is 5.69 Å². The minimum absolute atomic E-state index is 0.192. The van der Waals surface area contributed by atoms with Gasteiger partial charge in [-0.2, -0.15) is 0 Å². The quantitative estimate of drug-likeness (QED) is 0.753. The van der Waals surface area contributed by atoms with Crippen molar-refractivity contribution in [2.75, 3.05) is 20.6 Å². The normalized spacial score (nSPS) is 10.8. The van der Waals surface area contributed by atoms with Crippen LogP contribution in [0.15, 0.2) is 48.8 Å². The first-order valence-corrected chi connectivity index (χ1v) is 6.08. The number of carbonyl (C=O) groups is 1. The highest BCUT2D eigenvalue weighted by Gasteiger charge is 2.07. The highest BCUT2D eigenvalue weighted by Crippen LogP contribution is 2.12. The lowest BCUT2D eigenvalue weighted by Crippen LogP contribution is -2.16. The third-order valence-corrected chi connectivity index (χ3v) is 2.86. The predicted molar refractivity (Wildman–Crippen MR) is 73.3 cm³/mol. The molecule has 0 spiro atoms. The maximum atomic E-state index is 12.0. The van der Waals surface area contributed by atoms with E-state index in [1.165, 1.54) is 0 Å². The van der Waals surface area contributed by atoms with E-state index < -0.39 is 0 Å². The third-order valence-electron chi connectivity index (χ3n) is 2.86. The topological polar surface area (TPSA) is 25.2 Å². The molecule has 0 radical (unpaired) electrons. The van der Waals surface area contributed by atoms with E-state index >= 15 is 0 Å². The van der Waals surface area contributed by atoms with Crippen LogP contribution in [0.4, 0.5) is 0 Å². The van der Waals surface area contributed by atoms with Gasteiger partial charge in [0.1, 0.15) is 0 Å². The maximum Gasteiger partial charge on any atom is 0.164 e. The van der Waals surface area contributed by atoms with Gasteiger partial charge in [0, 0.05) is 36.6 Å². The number of hydrogen-bond donors (Lipinski definition) is 0. The van der Waals surface area contributed by atoms with Crippen molar-refractivity contribution in [3.05, 3.63) is 54.4 Å². The molecule has 94 valence electrons. The highest BCUT2D eigenvalue weighted by atomic mass is 16.1. The number of aromatic nitrogens is 1. The molecule has 0 N–H and O–H groups in total. The van der Waals surface area contributed by atoms with Gasteiger partial charge in [-0.25, -0.2) is 0 Å². The van der Waals surface area contributed by atoms with Crippen LogP contribution in [0.3, 0.4) is 0 Å². The molecule has 0 aliphatic heterocycles.